The van der Waals surface area contributed by atoms with Gasteiger partial charge < -0.3 is 15.4 Å². The molecule has 1 heterocycles. The Labute approximate surface area is 122 Å². The average Bonchev–Trinajstić information content (AvgIpc) is 2.52. The molecule has 0 saturated carbocycles. The Morgan fingerprint density at radius 3 is 2.71 bits per heavy atom. The summed E-state index contributed by atoms with van der Waals surface area (Å²) in [6, 6.07) is 5.77. The van der Waals surface area contributed by atoms with Gasteiger partial charge in [0.1, 0.15) is 5.75 Å². The number of nitrogens with two attached hydrogens (primary N) is 1. The van der Waals surface area contributed by atoms with Crippen molar-refractivity contribution in [1.82, 2.24) is 4.90 Å². The third kappa shape index (κ3) is 3.91. The van der Waals surface area contributed by atoms with Crippen LogP contribution in [0.5, 0.6) is 5.75 Å². The molecule has 7 heteroatoms. The highest BCUT2D eigenvalue weighted by Crippen LogP contribution is 2.19. The zero-order chi connectivity index (χ0) is 15.2. The number of nitrogens with zero attached hydrogens (tertiary/aromatic N) is 2. The van der Waals surface area contributed by atoms with Crippen LogP contribution in [-0.4, -0.2) is 41.5 Å². The van der Waals surface area contributed by atoms with E-state index in [-0.39, 0.29) is 24.2 Å². The molecule has 7 nitrogen and oxygen atoms in total. The van der Waals surface area contributed by atoms with Crippen molar-refractivity contribution in [2.45, 2.75) is 25.3 Å². The van der Waals surface area contributed by atoms with E-state index in [4.69, 9.17) is 10.5 Å². The van der Waals surface area contributed by atoms with Crippen LogP contribution in [0.4, 0.5) is 5.69 Å². The van der Waals surface area contributed by atoms with Crippen molar-refractivity contribution in [2.24, 2.45) is 5.73 Å². The van der Waals surface area contributed by atoms with Crippen molar-refractivity contribution in [3.05, 3.63) is 34.4 Å². The van der Waals surface area contributed by atoms with Crippen LogP contribution in [0.1, 0.15) is 19.3 Å². The van der Waals surface area contributed by atoms with E-state index in [1.807, 2.05) is 0 Å². The van der Waals surface area contributed by atoms with Gasteiger partial charge in [0.05, 0.1) is 4.92 Å². The van der Waals surface area contributed by atoms with Crippen molar-refractivity contribution in [1.29, 1.82) is 0 Å². The first-order valence-corrected chi connectivity index (χ1v) is 6.98. The van der Waals surface area contributed by atoms with Gasteiger partial charge in [-0.15, -0.1) is 0 Å². The zero-order valence-electron chi connectivity index (χ0n) is 11.7. The molecule has 1 aliphatic rings. The molecule has 1 aromatic rings. The largest absolute Gasteiger partial charge is 0.484 e. The second-order valence-corrected chi connectivity index (χ2v) is 5.01. The van der Waals surface area contributed by atoms with Gasteiger partial charge in [0, 0.05) is 31.3 Å². The maximum atomic E-state index is 12.2. The molecule has 0 bridgehead atoms. The van der Waals surface area contributed by atoms with Crippen LogP contribution in [0.25, 0.3) is 0 Å². The highest BCUT2D eigenvalue weighted by molar-refractivity contribution is 5.78. The molecular weight excluding hydrogens is 274 g/mol. The summed E-state index contributed by atoms with van der Waals surface area (Å²) in [5.74, 6) is 0.346. The van der Waals surface area contributed by atoms with Crippen molar-refractivity contribution >= 4 is 11.6 Å². The Morgan fingerprint density at radius 1 is 1.38 bits per heavy atom. The van der Waals surface area contributed by atoms with Crippen LogP contribution in [0.3, 0.4) is 0 Å². The van der Waals surface area contributed by atoms with Crippen LogP contribution in [0.15, 0.2) is 24.3 Å². The van der Waals surface area contributed by atoms with Crippen molar-refractivity contribution in [2.75, 3.05) is 19.7 Å². The zero-order valence-corrected chi connectivity index (χ0v) is 11.7. The summed E-state index contributed by atoms with van der Waals surface area (Å²) in [5.41, 5.74) is 5.68. The van der Waals surface area contributed by atoms with Crippen LogP contribution < -0.4 is 10.5 Å². The minimum absolute atomic E-state index is 0.00657. The highest BCUT2D eigenvalue weighted by Gasteiger charge is 2.25. The molecule has 1 amide bonds. The Morgan fingerprint density at radius 2 is 2.10 bits per heavy atom. The molecule has 0 aliphatic carbocycles. The van der Waals surface area contributed by atoms with Gasteiger partial charge in [0.15, 0.2) is 6.61 Å². The summed E-state index contributed by atoms with van der Waals surface area (Å²) < 4.78 is 5.39. The first-order chi connectivity index (χ1) is 10.1. The number of benzene rings is 1. The first kappa shape index (κ1) is 15.2. The topological polar surface area (TPSA) is 98.7 Å². The van der Waals surface area contributed by atoms with E-state index in [9.17, 15) is 14.9 Å². The normalized spacial score (nSPS) is 18.3. The quantitative estimate of drug-likeness (QED) is 0.652. The number of carbonyl (C=O) groups excluding carboxylic acids is 1. The van der Waals surface area contributed by atoms with E-state index in [1.165, 1.54) is 24.3 Å². The number of amides is 1. The smallest absolute Gasteiger partial charge is 0.269 e. The Bertz CT molecular complexity index is 503. The third-order valence-electron chi connectivity index (χ3n) is 3.63. The van der Waals surface area contributed by atoms with E-state index in [2.05, 4.69) is 0 Å². The predicted molar refractivity (Wildman–Crippen MR) is 77.0 cm³/mol. The lowest BCUT2D eigenvalue weighted by Crippen LogP contribution is -2.49. The summed E-state index contributed by atoms with van der Waals surface area (Å²) in [6.07, 6.45) is 3.01. The Kier molecular flexibility index (Phi) is 5.10. The van der Waals surface area contributed by atoms with Crippen LogP contribution in [0.2, 0.25) is 0 Å². The molecule has 1 unspecified atom stereocenters. The Balaban J connectivity index is 1.89. The third-order valence-corrected chi connectivity index (χ3v) is 3.63. The van der Waals surface area contributed by atoms with Crippen molar-refractivity contribution < 1.29 is 14.5 Å². The van der Waals surface area contributed by atoms with E-state index in [0.717, 1.165) is 19.3 Å². The second-order valence-electron chi connectivity index (χ2n) is 5.01. The van der Waals surface area contributed by atoms with Gasteiger partial charge in [0.2, 0.25) is 0 Å². The van der Waals surface area contributed by atoms with Crippen LogP contribution in [-0.2, 0) is 4.79 Å². The number of hydrogen-bond donors (Lipinski definition) is 1. The van der Waals surface area contributed by atoms with E-state index < -0.39 is 4.92 Å². The van der Waals surface area contributed by atoms with Crippen molar-refractivity contribution in [3.63, 3.8) is 0 Å². The number of nitro groups is 1. The average molecular weight is 293 g/mol. The molecule has 1 aromatic carbocycles. The summed E-state index contributed by atoms with van der Waals surface area (Å²) in [6.45, 7) is 1.10. The number of hydrogen-bond acceptors (Lipinski definition) is 5. The molecule has 1 atom stereocenters. The monoisotopic (exact) mass is 293 g/mol. The fraction of sp³-hybridized carbons (Fsp3) is 0.500. The minimum atomic E-state index is -0.478. The molecule has 0 aromatic heterocycles. The number of carbonyl (C=O) groups is 1. The van der Waals surface area contributed by atoms with Gasteiger partial charge in [0.25, 0.3) is 11.6 Å². The summed E-state index contributed by atoms with van der Waals surface area (Å²) in [5, 5.41) is 10.5. The predicted octanol–water partition coefficient (Wildman–Crippen LogP) is 1.31. The van der Waals surface area contributed by atoms with Gasteiger partial charge in [-0.05, 0) is 31.4 Å². The van der Waals surface area contributed by atoms with Gasteiger partial charge in [-0.3, -0.25) is 14.9 Å². The number of nitro benzene ring substituents is 1. The molecule has 114 valence electrons. The summed E-state index contributed by atoms with van der Waals surface area (Å²) in [7, 11) is 0. The number of rotatable bonds is 5. The molecule has 0 spiro atoms. The molecular formula is C14H19N3O4. The number of ether oxygens (including phenoxy) is 1. The van der Waals surface area contributed by atoms with E-state index in [1.54, 1.807) is 4.90 Å². The number of likely N-dealkylation sites (tertiary alicyclic amines) is 1. The Hall–Kier alpha value is -2.15. The van der Waals surface area contributed by atoms with Crippen LogP contribution in [0, 0.1) is 10.1 Å². The fourth-order valence-electron chi connectivity index (χ4n) is 2.47. The van der Waals surface area contributed by atoms with Gasteiger partial charge in [-0.25, -0.2) is 0 Å². The summed E-state index contributed by atoms with van der Waals surface area (Å²) >= 11 is 0. The molecule has 1 fully saturated rings. The lowest BCUT2D eigenvalue weighted by atomic mass is 10.0. The highest BCUT2D eigenvalue weighted by atomic mass is 16.6. The maximum absolute atomic E-state index is 12.2. The molecule has 21 heavy (non-hydrogen) atoms. The second kappa shape index (κ2) is 7.03. The first-order valence-electron chi connectivity index (χ1n) is 6.98. The lowest BCUT2D eigenvalue weighted by molar-refractivity contribution is -0.384. The van der Waals surface area contributed by atoms with Gasteiger partial charge in [-0.1, -0.05) is 0 Å². The number of piperidine rings is 1. The number of non-ortho nitro benzene ring substituents is 1. The van der Waals surface area contributed by atoms with Crippen LogP contribution >= 0.6 is 0 Å². The minimum Gasteiger partial charge on any atom is -0.484 e. The maximum Gasteiger partial charge on any atom is 0.269 e. The van der Waals surface area contributed by atoms with Gasteiger partial charge in [-0.2, -0.15) is 0 Å². The van der Waals surface area contributed by atoms with E-state index in [0.29, 0.717) is 18.8 Å². The van der Waals surface area contributed by atoms with E-state index >= 15 is 0 Å². The SMILES string of the molecule is NCC1CCCCN1C(=O)COc1ccc([N+](=O)[O-])cc1. The standard InChI is InChI=1S/C14H19N3O4/c15-9-12-3-1-2-8-16(12)14(18)10-21-13-6-4-11(5-7-13)17(19)20/h4-7,12H,1-3,8-10,15H2. The molecule has 2 N–H and O–H groups in total. The summed E-state index contributed by atoms with van der Waals surface area (Å²) in [4.78, 5) is 24.0. The van der Waals surface area contributed by atoms with Gasteiger partial charge >= 0.3 is 0 Å². The molecule has 0 radical (unpaired) electrons. The molecule has 2 rings (SSSR count). The molecule has 1 aliphatic heterocycles. The fourth-order valence-corrected chi connectivity index (χ4v) is 2.47. The lowest BCUT2D eigenvalue weighted by Gasteiger charge is -2.34. The van der Waals surface area contributed by atoms with Crippen molar-refractivity contribution in [3.8, 4) is 5.75 Å². The molecule has 1 saturated heterocycles.